The van der Waals surface area contributed by atoms with Crippen LogP contribution in [0.1, 0.15) is 27.9 Å². The molecule has 0 saturated carbocycles. The number of hydrogen-bond donors (Lipinski definition) is 0. The van der Waals surface area contributed by atoms with Gasteiger partial charge in [0.2, 0.25) is 0 Å². The van der Waals surface area contributed by atoms with E-state index in [0.717, 1.165) is 4.47 Å². The topological polar surface area (TPSA) is 33.2 Å². The third-order valence-corrected chi connectivity index (χ3v) is 4.39. The van der Waals surface area contributed by atoms with Crippen molar-refractivity contribution in [2.24, 2.45) is 0 Å². The summed E-state index contributed by atoms with van der Waals surface area (Å²) in [6.07, 6.45) is 0. The van der Waals surface area contributed by atoms with Gasteiger partial charge in [0, 0.05) is 23.1 Å². The van der Waals surface area contributed by atoms with E-state index in [-0.39, 0.29) is 18.3 Å². The number of aromatic nitrogens is 1. The molecule has 1 heterocycles. The summed E-state index contributed by atoms with van der Waals surface area (Å²) in [6.45, 7) is 4.45. The second-order valence-electron chi connectivity index (χ2n) is 4.32. The van der Waals surface area contributed by atoms with Crippen LogP contribution in [0.25, 0.3) is 0 Å². The molecule has 2 rings (SSSR count). The molecule has 1 aromatic carbocycles. The zero-order chi connectivity index (χ0) is 14.7. The largest absolute Gasteiger partial charge is 0.334 e. The summed E-state index contributed by atoms with van der Waals surface area (Å²) in [7, 11) is 0. The van der Waals surface area contributed by atoms with Gasteiger partial charge in [-0.2, -0.15) is 0 Å². The number of rotatable bonds is 4. The zero-order valence-electron chi connectivity index (χ0n) is 11.2. The van der Waals surface area contributed by atoms with Gasteiger partial charge in [-0.15, -0.1) is 11.3 Å². The number of carbonyl (C=O) groups excluding carboxylic acids is 1. The van der Waals surface area contributed by atoms with Crippen LogP contribution >= 0.6 is 27.3 Å². The fraction of sp³-hybridized carbons (Fsp3) is 0.286. The highest BCUT2D eigenvalue weighted by atomic mass is 79.9. The van der Waals surface area contributed by atoms with Gasteiger partial charge in [0.1, 0.15) is 10.7 Å². The molecule has 0 radical (unpaired) electrons. The Balaban J connectivity index is 2.23. The summed E-state index contributed by atoms with van der Waals surface area (Å²) in [4.78, 5) is 18.7. The van der Waals surface area contributed by atoms with Gasteiger partial charge in [-0.1, -0.05) is 15.9 Å². The average Bonchev–Trinajstić information content (AvgIpc) is 2.85. The third kappa shape index (κ3) is 3.24. The van der Waals surface area contributed by atoms with Gasteiger partial charge in [-0.3, -0.25) is 4.79 Å². The predicted molar refractivity (Wildman–Crippen MR) is 81.4 cm³/mol. The quantitative estimate of drug-likeness (QED) is 0.828. The lowest BCUT2D eigenvalue weighted by atomic mass is 10.2. The Morgan fingerprint density at radius 1 is 1.50 bits per heavy atom. The minimum Gasteiger partial charge on any atom is -0.334 e. The van der Waals surface area contributed by atoms with Gasteiger partial charge in [-0.25, -0.2) is 9.37 Å². The zero-order valence-corrected chi connectivity index (χ0v) is 13.6. The van der Waals surface area contributed by atoms with Crippen molar-refractivity contribution in [3.63, 3.8) is 0 Å². The number of benzene rings is 1. The molecule has 0 unspecified atom stereocenters. The summed E-state index contributed by atoms with van der Waals surface area (Å²) >= 11 is 4.63. The maximum Gasteiger partial charge on any atom is 0.266 e. The van der Waals surface area contributed by atoms with Crippen molar-refractivity contribution in [3.05, 3.63) is 50.1 Å². The highest BCUT2D eigenvalue weighted by Gasteiger charge is 2.19. The second kappa shape index (κ2) is 6.45. The van der Waals surface area contributed by atoms with E-state index in [1.54, 1.807) is 29.5 Å². The summed E-state index contributed by atoms with van der Waals surface area (Å²) < 4.78 is 14.6. The molecule has 0 atom stereocenters. The minimum atomic E-state index is -0.305. The van der Waals surface area contributed by atoms with E-state index in [9.17, 15) is 9.18 Å². The van der Waals surface area contributed by atoms with E-state index in [0.29, 0.717) is 22.7 Å². The SMILES string of the molecule is CCN(Cc1cc(Br)ccc1F)C(=O)c1scnc1C. The van der Waals surface area contributed by atoms with E-state index in [2.05, 4.69) is 20.9 Å². The van der Waals surface area contributed by atoms with Crippen molar-refractivity contribution in [3.8, 4) is 0 Å². The lowest BCUT2D eigenvalue weighted by molar-refractivity contribution is 0.0755. The van der Waals surface area contributed by atoms with E-state index in [4.69, 9.17) is 0 Å². The minimum absolute atomic E-state index is 0.105. The van der Waals surface area contributed by atoms with Gasteiger partial charge in [0.25, 0.3) is 5.91 Å². The molecule has 1 amide bonds. The van der Waals surface area contributed by atoms with Gasteiger partial charge in [0.15, 0.2) is 0 Å². The molecule has 0 fully saturated rings. The number of carbonyl (C=O) groups is 1. The fourth-order valence-electron chi connectivity index (χ4n) is 1.85. The van der Waals surface area contributed by atoms with Gasteiger partial charge >= 0.3 is 0 Å². The number of nitrogens with zero attached hydrogens (tertiary/aromatic N) is 2. The fourth-order valence-corrected chi connectivity index (χ4v) is 3.03. The summed E-state index contributed by atoms with van der Waals surface area (Å²) in [5.41, 5.74) is 2.86. The van der Waals surface area contributed by atoms with Crippen LogP contribution in [-0.2, 0) is 6.54 Å². The lowest BCUT2D eigenvalue weighted by Crippen LogP contribution is -2.30. The monoisotopic (exact) mass is 356 g/mol. The Labute approximate surface area is 129 Å². The van der Waals surface area contributed by atoms with Gasteiger partial charge < -0.3 is 4.90 Å². The molecule has 0 saturated heterocycles. The number of aryl methyl sites for hydroxylation is 1. The van der Waals surface area contributed by atoms with Crippen LogP contribution in [-0.4, -0.2) is 22.3 Å². The van der Waals surface area contributed by atoms with Gasteiger partial charge in [0.05, 0.1) is 11.2 Å². The Kier molecular flexibility index (Phi) is 4.88. The van der Waals surface area contributed by atoms with Crippen molar-refractivity contribution in [1.82, 2.24) is 9.88 Å². The van der Waals surface area contributed by atoms with E-state index in [1.807, 2.05) is 6.92 Å². The van der Waals surface area contributed by atoms with Crippen LogP contribution in [0.5, 0.6) is 0 Å². The van der Waals surface area contributed by atoms with Crippen LogP contribution in [0.4, 0.5) is 4.39 Å². The van der Waals surface area contributed by atoms with E-state index in [1.165, 1.54) is 17.4 Å². The lowest BCUT2D eigenvalue weighted by Gasteiger charge is -2.21. The normalized spacial score (nSPS) is 10.6. The smallest absolute Gasteiger partial charge is 0.266 e. The molecule has 6 heteroatoms. The second-order valence-corrected chi connectivity index (χ2v) is 6.09. The van der Waals surface area contributed by atoms with Crippen LogP contribution in [0, 0.1) is 12.7 Å². The molecular weight excluding hydrogens is 343 g/mol. The Morgan fingerprint density at radius 2 is 2.25 bits per heavy atom. The van der Waals surface area contributed by atoms with Crippen molar-refractivity contribution in [1.29, 1.82) is 0 Å². The molecule has 0 bridgehead atoms. The Hall–Kier alpha value is -1.27. The van der Waals surface area contributed by atoms with Gasteiger partial charge in [-0.05, 0) is 32.0 Å². The van der Waals surface area contributed by atoms with E-state index < -0.39 is 0 Å². The first-order valence-electron chi connectivity index (χ1n) is 6.16. The van der Waals surface area contributed by atoms with Crippen LogP contribution in [0.15, 0.2) is 28.2 Å². The van der Waals surface area contributed by atoms with Crippen molar-refractivity contribution in [2.75, 3.05) is 6.54 Å². The predicted octanol–water partition coefficient (Wildman–Crippen LogP) is 4.02. The van der Waals surface area contributed by atoms with Crippen LogP contribution in [0.3, 0.4) is 0 Å². The van der Waals surface area contributed by atoms with Crippen LogP contribution < -0.4 is 0 Å². The highest BCUT2D eigenvalue weighted by Crippen LogP contribution is 2.20. The number of halogens is 2. The van der Waals surface area contributed by atoms with Crippen molar-refractivity contribution in [2.45, 2.75) is 20.4 Å². The average molecular weight is 357 g/mol. The van der Waals surface area contributed by atoms with Crippen molar-refractivity contribution >= 4 is 33.2 Å². The molecule has 0 aliphatic rings. The van der Waals surface area contributed by atoms with E-state index >= 15 is 0 Å². The number of thiazole rings is 1. The summed E-state index contributed by atoms with van der Waals surface area (Å²) in [5.74, 6) is -0.410. The number of hydrogen-bond acceptors (Lipinski definition) is 3. The standard InChI is InChI=1S/C14H14BrFN2OS/c1-3-18(14(19)13-9(2)17-8-20-13)7-10-6-11(15)4-5-12(10)16/h4-6,8H,3,7H2,1-2H3. The molecule has 0 N–H and O–H groups in total. The first-order valence-corrected chi connectivity index (χ1v) is 7.83. The molecule has 0 aliphatic carbocycles. The maximum atomic E-state index is 13.8. The number of amides is 1. The molecule has 0 aliphatic heterocycles. The molecule has 20 heavy (non-hydrogen) atoms. The molecule has 106 valence electrons. The molecule has 0 spiro atoms. The molecule has 2 aromatic rings. The Morgan fingerprint density at radius 3 is 2.85 bits per heavy atom. The Bertz CT molecular complexity index is 629. The summed E-state index contributed by atoms with van der Waals surface area (Å²) in [6, 6.07) is 4.74. The first-order chi connectivity index (χ1) is 9.52. The van der Waals surface area contributed by atoms with Crippen molar-refractivity contribution < 1.29 is 9.18 Å². The molecule has 1 aromatic heterocycles. The first kappa shape index (κ1) is 15.1. The highest BCUT2D eigenvalue weighted by molar-refractivity contribution is 9.10. The third-order valence-electron chi connectivity index (χ3n) is 2.98. The molecular formula is C14H14BrFN2OS. The summed E-state index contributed by atoms with van der Waals surface area (Å²) in [5, 5.41) is 0. The van der Waals surface area contributed by atoms with Crippen LogP contribution in [0.2, 0.25) is 0 Å². The molecule has 3 nitrogen and oxygen atoms in total. The maximum absolute atomic E-state index is 13.8.